The maximum Gasteiger partial charge on any atom is 0.237 e. The fourth-order valence-corrected chi connectivity index (χ4v) is 6.14. The number of nitrogens with zero attached hydrogens (tertiary/aromatic N) is 3. The summed E-state index contributed by atoms with van der Waals surface area (Å²) in [5.74, 6) is 0.326. The van der Waals surface area contributed by atoms with Crippen molar-refractivity contribution in [3.63, 3.8) is 0 Å². The summed E-state index contributed by atoms with van der Waals surface area (Å²) in [5.41, 5.74) is 1.77. The second-order valence-corrected chi connectivity index (χ2v) is 10.4. The molecule has 2 aliphatic heterocycles. The normalized spacial score (nSPS) is 30.6. The van der Waals surface area contributed by atoms with Gasteiger partial charge in [-0.3, -0.25) is 9.69 Å². The van der Waals surface area contributed by atoms with Crippen molar-refractivity contribution in [2.24, 2.45) is 10.8 Å². The van der Waals surface area contributed by atoms with Crippen LogP contribution in [0.2, 0.25) is 5.02 Å². The Morgan fingerprint density at radius 2 is 1.81 bits per heavy atom. The number of carbonyl (C=O) groups excluding carboxylic acids is 1. The SMILES string of the molecule is CC1(C)C[C@H]2C[C@](C)(CN2C(=O)CN2CCN(c3ccccc3Cl)CC2)C1. The fourth-order valence-electron chi connectivity index (χ4n) is 5.89. The van der Waals surface area contributed by atoms with E-state index in [9.17, 15) is 4.79 Å². The van der Waals surface area contributed by atoms with Crippen molar-refractivity contribution in [3.05, 3.63) is 29.3 Å². The Balaban J connectivity index is 1.33. The van der Waals surface area contributed by atoms with E-state index in [1.807, 2.05) is 18.2 Å². The number of fused-ring (bicyclic) bond motifs is 2. The summed E-state index contributed by atoms with van der Waals surface area (Å²) in [4.78, 5) is 19.9. The van der Waals surface area contributed by atoms with E-state index in [0.717, 1.165) is 49.9 Å². The van der Waals surface area contributed by atoms with Crippen molar-refractivity contribution in [2.75, 3.05) is 44.2 Å². The van der Waals surface area contributed by atoms with Crippen LogP contribution < -0.4 is 4.90 Å². The van der Waals surface area contributed by atoms with E-state index in [1.54, 1.807) is 0 Å². The number of benzene rings is 1. The fraction of sp³-hybridized carbons (Fsp3) is 0.682. The first-order valence-corrected chi connectivity index (χ1v) is 10.6. The molecule has 0 spiro atoms. The monoisotopic (exact) mass is 389 g/mol. The number of likely N-dealkylation sites (tertiary alicyclic amines) is 1. The molecule has 0 N–H and O–H groups in total. The van der Waals surface area contributed by atoms with Gasteiger partial charge in [0, 0.05) is 38.8 Å². The van der Waals surface area contributed by atoms with Crippen LogP contribution in [0, 0.1) is 10.8 Å². The van der Waals surface area contributed by atoms with Gasteiger partial charge in [0.15, 0.2) is 0 Å². The second kappa shape index (κ2) is 6.97. The number of amides is 1. The van der Waals surface area contributed by atoms with Gasteiger partial charge in [-0.25, -0.2) is 0 Å². The summed E-state index contributed by atoms with van der Waals surface area (Å²) >= 11 is 6.34. The quantitative estimate of drug-likeness (QED) is 0.784. The molecule has 4 nitrogen and oxygen atoms in total. The van der Waals surface area contributed by atoms with Crippen molar-refractivity contribution >= 4 is 23.2 Å². The van der Waals surface area contributed by atoms with Crippen LogP contribution in [0.4, 0.5) is 5.69 Å². The number of halogens is 1. The molecule has 5 heteroatoms. The maximum atomic E-state index is 13.1. The van der Waals surface area contributed by atoms with E-state index in [-0.39, 0.29) is 0 Å². The van der Waals surface area contributed by atoms with Crippen molar-refractivity contribution in [1.29, 1.82) is 0 Å². The van der Waals surface area contributed by atoms with Gasteiger partial charge in [0.25, 0.3) is 0 Å². The lowest BCUT2D eigenvalue weighted by molar-refractivity contribution is -0.133. The molecule has 0 radical (unpaired) electrons. The summed E-state index contributed by atoms with van der Waals surface area (Å²) in [5, 5.41) is 0.808. The first kappa shape index (κ1) is 19.1. The van der Waals surface area contributed by atoms with Gasteiger partial charge in [0.2, 0.25) is 5.91 Å². The van der Waals surface area contributed by atoms with Gasteiger partial charge in [-0.05, 0) is 42.2 Å². The predicted molar refractivity (Wildman–Crippen MR) is 111 cm³/mol. The Labute approximate surface area is 168 Å². The molecule has 2 saturated heterocycles. The van der Waals surface area contributed by atoms with Gasteiger partial charge in [-0.2, -0.15) is 0 Å². The molecule has 4 rings (SSSR count). The van der Waals surface area contributed by atoms with Gasteiger partial charge in [-0.1, -0.05) is 44.5 Å². The minimum Gasteiger partial charge on any atom is -0.368 e. The third-order valence-corrected chi connectivity index (χ3v) is 6.98. The van der Waals surface area contributed by atoms with Gasteiger partial charge in [0.05, 0.1) is 17.3 Å². The Kier molecular flexibility index (Phi) is 4.92. The third kappa shape index (κ3) is 3.97. The molecule has 27 heavy (non-hydrogen) atoms. The minimum absolute atomic E-state index is 0.310. The first-order chi connectivity index (χ1) is 12.7. The smallest absolute Gasteiger partial charge is 0.237 e. The second-order valence-electron chi connectivity index (χ2n) is 9.95. The number of hydrogen-bond acceptors (Lipinski definition) is 3. The molecule has 148 valence electrons. The molecule has 1 amide bonds. The predicted octanol–water partition coefficient (Wildman–Crippen LogP) is 3.89. The lowest BCUT2D eigenvalue weighted by Gasteiger charge is -2.39. The van der Waals surface area contributed by atoms with Gasteiger partial charge in [-0.15, -0.1) is 0 Å². The molecule has 1 aliphatic carbocycles. The van der Waals surface area contributed by atoms with E-state index < -0.39 is 0 Å². The summed E-state index contributed by atoms with van der Waals surface area (Å²) in [6.45, 7) is 12.3. The lowest BCUT2D eigenvalue weighted by atomic mass is 9.65. The van der Waals surface area contributed by atoms with Crippen LogP contribution in [0.3, 0.4) is 0 Å². The van der Waals surface area contributed by atoms with Crippen LogP contribution in [0.15, 0.2) is 24.3 Å². The molecule has 1 aromatic rings. The Bertz CT molecular complexity index is 713. The van der Waals surface area contributed by atoms with Gasteiger partial charge in [0.1, 0.15) is 0 Å². The maximum absolute atomic E-state index is 13.1. The van der Waals surface area contributed by atoms with E-state index >= 15 is 0 Å². The molecule has 0 unspecified atom stereocenters. The number of para-hydroxylation sites is 1. The van der Waals surface area contributed by atoms with Crippen molar-refractivity contribution in [3.8, 4) is 0 Å². The van der Waals surface area contributed by atoms with Crippen LogP contribution in [0.5, 0.6) is 0 Å². The number of hydrogen-bond donors (Lipinski definition) is 0. The largest absolute Gasteiger partial charge is 0.368 e. The molecule has 1 aromatic carbocycles. The van der Waals surface area contributed by atoms with Crippen LogP contribution >= 0.6 is 11.6 Å². The zero-order valence-electron chi connectivity index (χ0n) is 16.9. The van der Waals surface area contributed by atoms with E-state index in [0.29, 0.717) is 29.3 Å². The first-order valence-electron chi connectivity index (χ1n) is 10.3. The summed E-state index contributed by atoms with van der Waals surface area (Å²) in [6.07, 6.45) is 3.56. The van der Waals surface area contributed by atoms with E-state index in [1.165, 1.54) is 12.8 Å². The van der Waals surface area contributed by atoms with E-state index in [4.69, 9.17) is 11.6 Å². The Morgan fingerprint density at radius 3 is 2.52 bits per heavy atom. The Morgan fingerprint density at radius 1 is 1.11 bits per heavy atom. The molecule has 0 aromatic heterocycles. The van der Waals surface area contributed by atoms with Crippen molar-refractivity contribution in [2.45, 2.75) is 46.1 Å². The topological polar surface area (TPSA) is 26.8 Å². The lowest BCUT2D eigenvalue weighted by Crippen LogP contribution is -2.51. The molecular formula is C22H32ClN3O. The average Bonchev–Trinajstić information content (AvgIpc) is 2.85. The number of piperazine rings is 1. The Hall–Kier alpha value is -1.26. The third-order valence-electron chi connectivity index (χ3n) is 6.66. The highest BCUT2D eigenvalue weighted by Gasteiger charge is 2.50. The average molecular weight is 390 g/mol. The molecule has 2 atom stereocenters. The van der Waals surface area contributed by atoms with Crippen molar-refractivity contribution < 1.29 is 4.79 Å². The van der Waals surface area contributed by atoms with Gasteiger partial charge >= 0.3 is 0 Å². The highest BCUT2D eigenvalue weighted by Crippen LogP contribution is 2.52. The molecule has 2 bridgehead atoms. The standard InChI is InChI=1S/C22H32ClN3O/c1-21(2)12-17-13-22(3,15-21)16-26(17)20(27)14-24-8-10-25(11-9-24)19-7-5-4-6-18(19)23/h4-7,17H,8-16H2,1-3H3/t17-,22-/m0/s1. The molecule has 3 fully saturated rings. The van der Waals surface area contributed by atoms with Crippen LogP contribution in [-0.4, -0.2) is 61.0 Å². The molecular weight excluding hydrogens is 358 g/mol. The highest BCUT2D eigenvalue weighted by molar-refractivity contribution is 6.33. The molecule has 2 heterocycles. The van der Waals surface area contributed by atoms with Crippen molar-refractivity contribution in [1.82, 2.24) is 9.80 Å². The van der Waals surface area contributed by atoms with Crippen LogP contribution in [0.1, 0.15) is 40.0 Å². The molecule has 1 saturated carbocycles. The summed E-state index contributed by atoms with van der Waals surface area (Å²) < 4.78 is 0. The van der Waals surface area contributed by atoms with Crippen LogP contribution in [0.25, 0.3) is 0 Å². The molecule has 3 aliphatic rings. The number of rotatable bonds is 3. The highest BCUT2D eigenvalue weighted by atomic mass is 35.5. The van der Waals surface area contributed by atoms with Crippen LogP contribution in [-0.2, 0) is 4.79 Å². The number of carbonyl (C=O) groups is 1. The zero-order chi connectivity index (χ0) is 19.2. The summed E-state index contributed by atoms with van der Waals surface area (Å²) in [7, 11) is 0. The van der Waals surface area contributed by atoms with E-state index in [2.05, 4.69) is 41.5 Å². The summed E-state index contributed by atoms with van der Waals surface area (Å²) in [6, 6.07) is 8.46. The number of anilines is 1. The zero-order valence-corrected chi connectivity index (χ0v) is 17.6. The minimum atomic E-state index is 0.310. The van der Waals surface area contributed by atoms with Gasteiger partial charge < -0.3 is 9.80 Å².